The molecule has 0 spiro atoms. The number of benzene rings is 2. The molecule has 2 aromatic rings. The fourth-order valence-corrected chi connectivity index (χ4v) is 2.92. The molecule has 3 rings (SSSR count). The number of fused-ring (bicyclic) bond motifs is 1. The first-order valence-corrected chi connectivity index (χ1v) is 7.78. The van der Waals surface area contributed by atoms with Crippen molar-refractivity contribution in [3.8, 4) is 5.75 Å². The molecule has 0 unspecified atom stereocenters. The van der Waals surface area contributed by atoms with Crippen LogP contribution in [0.15, 0.2) is 42.5 Å². The Morgan fingerprint density at radius 2 is 1.91 bits per heavy atom. The van der Waals surface area contributed by atoms with Crippen LogP contribution in [-0.2, 0) is 13.0 Å². The first kappa shape index (κ1) is 17.1. The van der Waals surface area contributed by atoms with Crippen LogP contribution in [0.5, 0.6) is 5.75 Å². The number of hydrogen-bond donors (Lipinski definition) is 0. The molecule has 0 atom stereocenters. The van der Waals surface area contributed by atoms with Crippen molar-refractivity contribution in [3.63, 3.8) is 0 Å². The standard InChI is InChI=1S/C18H20ClNO.ClH/c1-14-6-7-17(19)18(12-14)21-11-10-20-9-8-15-4-2-3-5-16(15)13-20;/h2-7,12H,8-11,13H2,1H3;1H. The zero-order chi connectivity index (χ0) is 14.7. The van der Waals surface area contributed by atoms with Gasteiger partial charge in [0.1, 0.15) is 12.4 Å². The van der Waals surface area contributed by atoms with Gasteiger partial charge >= 0.3 is 0 Å². The lowest BCUT2D eigenvalue weighted by molar-refractivity contribution is 0.196. The van der Waals surface area contributed by atoms with Gasteiger partial charge in [-0.05, 0) is 42.2 Å². The number of nitrogens with zero attached hydrogens (tertiary/aromatic N) is 1. The maximum absolute atomic E-state index is 6.15. The molecule has 1 aliphatic heterocycles. The fraction of sp³-hybridized carbons (Fsp3) is 0.333. The Morgan fingerprint density at radius 3 is 2.73 bits per heavy atom. The fourth-order valence-electron chi connectivity index (χ4n) is 2.75. The van der Waals surface area contributed by atoms with Crippen LogP contribution in [0.4, 0.5) is 0 Å². The van der Waals surface area contributed by atoms with Crippen molar-refractivity contribution in [2.75, 3.05) is 19.7 Å². The van der Waals surface area contributed by atoms with E-state index >= 15 is 0 Å². The van der Waals surface area contributed by atoms with E-state index in [9.17, 15) is 0 Å². The number of aryl methyl sites for hydroxylation is 1. The third kappa shape index (κ3) is 4.16. The van der Waals surface area contributed by atoms with E-state index < -0.39 is 0 Å². The topological polar surface area (TPSA) is 12.5 Å². The second kappa shape index (κ2) is 7.87. The molecular weight excluding hydrogens is 317 g/mol. The van der Waals surface area contributed by atoms with Gasteiger partial charge < -0.3 is 4.74 Å². The van der Waals surface area contributed by atoms with Gasteiger partial charge in [0.05, 0.1) is 5.02 Å². The van der Waals surface area contributed by atoms with E-state index in [0.717, 1.165) is 31.8 Å². The summed E-state index contributed by atoms with van der Waals surface area (Å²) in [4.78, 5) is 2.44. The highest BCUT2D eigenvalue weighted by Crippen LogP contribution is 2.25. The Morgan fingerprint density at radius 1 is 1.14 bits per heavy atom. The Hall–Kier alpha value is -1.22. The van der Waals surface area contributed by atoms with Gasteiger partial charge in [-0.15, -0.1) is 12.4 Å². The highest BCUT2D eigenvalue weighted by Gasteiger charge is 2.15. The molecule has 0 aliphatic carbocycles. The molecule has 2 nitrogen and oxygen atoms in total. The van der Waals surface area contributed by atoms with Crippen molar-refractivity contribution in [2.45, 2.75) is 19.9 Å². The maximum atomic E-state index is 6.15. The number of ether oxygens (including phenoxy) is 1. The average molecular weight is 338 g/mol. The Labute approximate surface area is 143 Å². The van der Waals surface area contributed by atoms with E-state index in [-0.39, 0.29) is 12.4 Å². The van der Waals surface area contributed by atoms with Gasteiger partial charge in [-0.25, -0.2) is 0 Å². The molecule has 0 N–H and O–H groups in total. The molecule has 118 valence electrons. The lowest BCUT2D eigenvalue weighted by atomic mass is 10.0. The van der Waals surface area contributed by atoms with Crippen molar-refractivity contribution in [1.29, 1.82) is 0 Å². The molecule has 4 heteroatoms. The SMILES string of the molecule is Cc1ccc(Cl)c(OCCN2CCc3ccccc3C2)c1.Cl. The third-order valence-corrected chi connectivity index (χ3v) is 4.27. The summed E-state index contributed by atoms with van der Waals surface area (Å²) in [6, 6.07) is 14.6. The highest BCUT2D eigenvalue weighted by atomic mass is 35.5. The minimum atomic E-state index is 0. The summed E-state index contributed by atoms with van der Waals surface area (Å²) in [5.41, 5.74) is 4.09. The van der Waals surface area contributed by atoms with Crippen LogP contribution in [0.3, 0.4) is 0 Å². The molecule has 2 aromatic carbocycles. The molecule has 0 saturated carbocycles. The van der Waals surface area contributed by atoms with Crippen LogP contribution in [0, 0.1) is 6.92 Å². The molecular formula is C18H21Cl2NO. The summed E-state index contributed by atoms with van der Waals surface area (Å²) in [7, 11) is 0. The van der Waals surface area contributed by atoms with Gasteiger partial charge in [0, 0.05) is 19.6 Å². The lowest BCUT2D eigenvalue weighted by Gasteiger charge is -2.28. The quantitative estimate of drug-likeness (QED) is 0.813. The Kier molecular flexibility index (Phi) is 6.13. The summed E-state index contributed by atoms with van der Waals surface area (Å²) in [5.74, 6) is 0.786. The van der Waals surface area contributed by atoms with E-state index in [1.165, 1.54) is 16.7 Å². The van der Waals surface area contributed by atoms with E-state index in [1.54, 1.807) is 0 Å². The minimum absolute atomic E-state index is 0. The monoisotopic (exact) mass is 337 g/mol. The van der Waals surface area contributed by atoms with Crippen LogP contribution in [0.2, 0.25) is 5.02 Å². The summed E-state index contributed by atoms with van der Waals surface area (Å²) in [5, 5.41) is 0.685. The molecule has 0 aromatic heterocycles. The number of halogens is 2. The predicted molar refractivity (Wildman–Crippen MR) is 94.4 cm³/mol. The van der Waals surface area contributed by atoms with E-state index in [4.69, 9.17) is 16.3 Å². The number of hydrogen-bond acceptors (Lipinski definition) is 2. The minimum Gasteiger partial charge on any atom is -0.491 e. The summed E-state index contributed by atoms with van der Waals surface area (Å²) < 4.78 is 5.83. The molecule has 0 bridgehead atoms. The van der Waals surface area contributed by atoms with Gasteiger partial charge in [0.15, 0.2) is 0 Å². The van der Waals surface area contributed by atoms with E-state index in [0.29, 0.717) is 11.6 Å². The summed E-state index contributed by atoms with van der Waals surface area (Å²) in [6.45, 7) is 5.76. The zero-order valence-corrected chi connectivity index (χ0v) is 14.3. The molecule has 1 heterocycles. The van der Waals surface area contributed by atoms with Crippen molar-refractivity contribution in [3.05, 3.63) is 64.2 Å². The van der Waals surface area contributed by atoms with Crippen molar-refractivity contribution in [2.24, 2.45) is 0 Å². The third-order valence-electron chi connectivity index (χ3n) is 3.96. The van der Waals surface area contributed by atoms with Gasteiger partial charge in [0.2, 0.25) is 0 Å². The molecule has 0 saturated heterocycles. The van der Waals surface area contributed by atoms with Gasteiger partial charge in [-0.3, -0.25) is 4.90 Å². The second-order valence-corrected chi connectivity index (χ2v) is 5.98. The van der Waals surface area contributed by atoms with Crippen LogP contribution in [0.25, 0.3) is 0 Å². The Balaban J connectivity index is 0.00000176. The van der Waals surface area contributed by atoms with Crippen molar-refractivity contribution in [1.82, 2.24) is 4.90 Å². The second-order valence-electron chi connectivity index (χ2n) is 5.58. The molecule has 0 fully saturated rings. The summed E-state index contributed by atoms with van der Waals surface area (Å²) in [6.07, 6.45) is 1.13. The largest absolute Gasteiger partial charge is 0.491 e. The van der Waals surface area contributed by atoms with Crippen molar-refractivity contribution >= 4 is 24.0 Å². The predicted octanol–water partition coefficient (Wildman–Crippen LogP) is 4.51. The van der Waals surface area contributed by atoms with Gasteiger partial charge in [-0.1, -0.05) is 41.9 Å². The van der Waals surface area contributed by atoms with Crippen LogP contribution in [-0.4, -0.2) is 24.6 Å². The van der Waals surface area contributed by atoms with Gasteiger partial charge in [-0.2, -0.15) is 0 Å². The number of rotatable bonds is 4. The maximum Gasteiger partial charge on any atom is 0.138 e. The Bertz CT molecular complexity index is 630. The normalized spacial score (nSPS) is 14.1. The lowest BCUT2D eigenvalue weighted by Crippen LogP contribution is -2.33. The van der Waals surface area contributed by atoms with Crippen LogP contribution < -0.4 is 4.74 Å². The van der Waals surface area contributed by atoms with Crippen LogP contribution in [0.1, 0.15) is 16.7 Å². The average Bonchev–Trinajstić information content (AvgIpc) is 2.50. The van der Waals surface area contributed by atoms with Gasteiger partial charge in [0.25, 0.3) is 0 Å². The van der Waals surface area contributed by atoms with E-state index in [2.05, 4.69) is 29.2 Å². The van der Waals surface area contributed by atoms with Crippen molar-refractivity contribution < 1.29 is 4.74 Å². The van der Waals surface area contributed by atoms with E-state index in [1.807, 2.05) is 25.1 Å². The molecule has 22 heavy (non-hydrogen) atoms. The first-order valence-electron chi connectivity index (χ1n) is 7.40. The zero-order valence-electron chi connectivity index (χ0n) is 12.7. The smallest absolute Gasteiger partial charge is 0.138 e. The highest BCUT2D eigenvalue weighted by molar-refractivity contribution is 6.32. The summed E-state index contributed by atoms with van der Waals surface area (Å²) >= 11 is 6.15. The first-order chi connectivity index (χ1) is 10.2. The molecule has 1 aliphatic rings. The van der Waals surface area contributed by atoms with Crippen LogP contribution >= 0.6 is 24.0 Å². The molecule has 0 amide bonds. The molecule has 0 radical (unpaired) electrons.